The van der Waals surface area contributed by atoms with Gasteiger partial charge in [0, 0.05) is 4.47 Å². The molecule has 118 valence electrons. The number of benzene rings is 1. The Morgan fingerprint density at radius 2 is 2.00 bits per heavy atom. The van der Waals surface area contributed by atoms with Crippen molar-refractivity contribution in [3.63, 3.8) is 0 Å². The number of carbonyl (C=O) groups is 1. The molecule has 0 saturated carbocycles. The molecular weight excluding hydrogens is 362 g/mol. The summed E-state index contributed by atoms with van der Waals surface area (Å²) >= 11 is 3.18. The molecule has 0 aliphatic heterocycles. The Kier molecular flexibility index (Phi) is 5.54. The fraction of sp³-hybridized carbons (Fsp3) is 0.462. The van der Waals surface area contributed by atoms with Gasteiger partial charge < -0.3 is 10.2 Å². The van der Waals surface area contributed by atoms with E-state index in [2.05, 4.69) is 20.7 Å². The van der Waals surface area contributed by atoms with Crippen LogP contribution in [0.2, 0.25) is 0 Å². The Morgan fingerprint density at radius 1 is 1.43 bits per heavy atom. The molecule has 0 heterocycles. The summed E-state index contributed by atoms with van der Waals surface area (Å²) in [5.41, 5.74) is -0.624. The highest BCUT2D eigenvalue weighted by atomic mass is 79.9. The molecule has 6 nitrogen and oxygen atoms in total. The van der Waals surface area contributed by atoms with Gasteiger partial charge in [-0.15, -0.1) is 0 Å². The molecule has 1 aromatic carbocycles. The van der Waals surface area contributed by atoms with Crippen LogP contribution in [0, 0.1) is 6.92 Å². The van der Waals surface area contributed by atoms with E-state index in [1.165, 1.54) is 6.07 Å². The zero-order chi connectivity index (χ0) is 16.4. The molecule has 0 aromatic heterocycles. The fourth-order valence-electron chi connectivity index (χ4n) is 1.65. The summed E-state index contributed by atoms with van der Waals surface area (Å²) in [7, 11) is -3.97. The van der Waals surface area contributed by atoms with Crippen molar-refractivity contribution < 1.29 is 23.4 Å². The van der Waals surface area contributed by atoms with E-state index in [-0.39, 0.29) is 17.1 Å². The third-order valence-corrected chi connectivity index (χ3v) is 6.25. The number of halogens is 1. The van der Waals surface area contributed by atoms with Crippen LogP contribution in [0.5, 0.6) is 0 Å². The van der Waals surface area contributed by atoms with Crippen molar-refractivity contribution >= 4 is 31.9 Å². The van der Waals surface area contributed by atoms with Crippen molar-refractivity contribution in [3.05, 3.63) is 27.7 Å². The number of carboxylic acid groups (broad SMARTS) is 1. The first-order valence-electron chi connectivity index (χ1n) is 6.24. The van der Waals surface area contributed by atoms with E-state index in [0.29, 0.717) is 16.5 Å². The molecule has 1 aromatic rings. The van der Waals surface area contributed by atoms with E-state index < -0.39 is 21.5 Å². The van der Waals surface area contributed by atoms with Crippen molar-refractivity contribution in [1.29, 1.82) is 0 Å². The summed E-state index contributed by atoms with van der Waals surface area (Å²) in [4.78, 5) is 10.9. The number of carboxylic acids is 1. The van der Waals surface area contributed by atoms with Gasteiger partial charge in [-0.05, 0) is 53.9 Å². The van der Waals surface area contributed by atoms with Gasteiger partial charge in [0.2, 0.25) is 10.0 Å². The molecule has 3 N–H and O–H groups in total. The minimum atomic E-state index is -3.97. The van der Waals surface area contributed by atoms with Gasteiger partial charge in [-0.25, -0.2) is 17.9 Å². The molecule has 21 heavy (non-hydrogen) atoms. The van der Waals surface area contributed by atoms with Crippen LogP contribution in [0.15, 0.2) is 21.5 Å². The van der Waals surface area contributed by atoms with Crippen LogP contribution < -0.4 is 4.72 Å². The SMILES string of the molecule is CCC(C)(CO)NS(=O)(=O)c1cc(C(=O)O)cc(C)c1Br. The molecule has 0 amide bonds. The van der Waals surface area contributed by atoms with Crippen molar-refractivity contribution in [2.24, 2.45) is 0 Å². The number of hydrogen-bond donors (Lipinski definition) is 3. The van der Waals surface area contributed by atoms with Crippen LogP contribution in [0.25, 0.3) is 0 Å². The standard InChI is InChI=1S/C13H18BrNO5S/c1-4-13(3,7-16)15-21(19,20)10-6-9(12(17)18)5-8(2)11(10)14/h5-6,15-16H,4,7H2,1-3H3,(H,17,18). The average Bonchev–Trinajstić information content (AvgIpc) is 2.40. The highest BCUT2D eigenvalue weighted by molar-refractivity contribution is 9.10. The minimum Gasteiger partial charge on any atom is -0.478 e. The molecule has 0 saturated heterocycles. The van der Waals surface area contributed by atoms with E-state index in [1.807, 2.05) is 0 Å². The van der Waals surface area contributed by atoms with Crippen molar-refractivity contribution in [2.75, 3.05) is 6.61 Å². The van der Waals surface area contributed by atoms with Crippen LogP contribution in [0.1, 0.15) is 36.2 Å². The van der Waals surface area contributed by atoms with Gasteiger partial charge in [-0.2, -0.15) is 0 Å². The Hall–Kier alpha value is -0.960. The molecule has 1 rings (SSSR count). The van der Waals surface area contributed by atoms with Crippen LogP contribution >= 0.6 is 15.9 Å². The summed E-state index contributed by atoms with van der Waals surface area (Å²) < 4.78 is 27.7. The Labute approximate surface area is 132 Å². The number of rotatable bonds is 6. The summed E-state index contributed by atoms with van der Waals surface area (Å²) in [6.07, 6.45) is 0.387. The van der Waals surface area contributed by atoms with Gasteiger partial charge in [0.15, 0.2) is 0 Å². The van der Waals surface area contributed by atoms with Crippen molar-refractivity contribution in [1.82, 2.24) is 4.72 Å². The predicted molar refractivity (Wildman–Crippen MR) is 81.9 cm³/mol. The first-order chi connectivity index (χ1) is 9.56. The molecule has 8 heteroatoms. The second kappa shape index (κ2) is 6.43. The van der Waals surface area contributed by atoms with Gasteiger partial charge >= 0.3 is 5.97 Å². The lowest BCUT2D eigenvalue weighted by Gasteiger charge is -2.27. The number of aliphatic hydroxyl groups is 1. The molecule has 0 aliphatic carbocycles. The monoisotopic (exact) mass is 379 g/mol. The lowest BCUT2D eigenvalue weighted by Crippen LogP contribution is -2.48. The third-order valence-electron chi connectivity index (χ3n) is 3.27. The van der Waals surface area contributed by atoms with E-state index in [1.54, 1.807) is 20.8 Å². The van der Waals surface area contributed by atoms with Crippen LogP contribution in [-0.4, -0.2) is 36.7 Å². The van der Waals surface area contributed by atoms with Crippen molar-refractivity contribution in [2.45, 2.75) is 37.6 Å². The van der Waals surface area contributed by atoms with Crippen molar-refractivity contribution in [3.8, 4) is 0 Å². The zero-order valence-corrected chi connectivity index (χ0v) is 14.4. The maximum atomic E-state index is 12.5. The Bertz CT molecular complexity index is 653. The molecule has 0 spiro atoms. The number of aromatic carboxylic acids is 1. The first-order valence-corrected chi connectivity index (χ1v) is 8.52. The number of nitrogens with one attached hydrogen (secondary N) is 1. The van der Waals surface area contributed by atoms with Crippen LogP contribution in [0.4, 0.5) is 0 Å². The Balaban J connectivity index is 3.41. The number of aliphatic hydroxyl groups excluding tert-OH is 1. The highest BCUT2D eigenvalue weighted by Crippen LogP contribution is 2.28. The van der Waals surface area contributed by atoms with Crippen LogP contribution in [-0.2, 0) is 10.0 Å². The van der Waals surface area contributed by atoms with Gasteiger partial charge in [0.05, 0.1) is 22.6 Å². The lowest BCUT2D eigenvalue weighted by atomic mass is 10.0. The maximum absolute atomic E-state index is 12.5. The average molecular weight is 380 g/mol. The van der Waals surface area contributed by atoms with Gasteiger partial charge in [-0.1, -0.05) is 6.92 Å². The van der Waals surface area contributed by atoms with Gasteiger partial charge in [0.1, 0.15) is 0 Å². The van der Waals surface area contributed by atoms with Crippen LogP contribution in [0.3, 0.4) is 0 Å². The minimum absolute atomic E-state index is 0.113. The largest absolute Gasteiger partial charge is 0.478 e. The summed E-state index contributed by atoms with van der Waals surface area (Å²) in [5.74, 6) is -1.21. The third kappa shape index (κ3) is 4.03. The summed E-state index contributed by atoms with van der Waals surface area (Å²) in [6, 6.07) is 2.48. The molecule has 0 radical (unpaired) electrons. The number of hydrogen-bond acceptors (Lipinski definition) is 4. The highest BCUT2D eigenvalue weighted by Gasteiger charge is 2.30. The van der Waals surface area contributed by atoms with E-state index in [0.717, 1.165) is 6.07 Å². The molecule has 0 fully saturated rings. The zero-order valence-electron chi connectivity index (χ0n) is 12.0. The topological polar surface area (TPSA) is 104 Å². The number of aryl methyl sites for hydroxylation is 1. The van der Waals surface area contributed by atoms with E-state index in [4.69, 9.17) is 5.11 Å². The molecular formula is C13H18BrNO5S. The lowest BCUT2D eigenvalue weighted by molar-refractivity contribution is 0.0696. The van der Waals surface area contributed by atoms with Gasteiger partial charge in [-0.3, -0.25) is 0 Å². The fourth-order valence-corrected chi connectivity index (χ4v) is 4.17. The predicted octanol–water partition coefficient (Wildman–Crippen LogP) is 1.90. The molecule has 1 atom stereocenters. The Morgan fingerprint density at radius 3 is 2.43 bits per heavy atom. The molecule has 0 bridgehead atoms. The number of sulfonamides is 1. The first kappa shape index (κ1) is 18.1. The quantitative estimate of drug-likeness (QED) is 0.699. The van der Waals surface area contributed by atoms with E-state index >= 15 is 0 Å². The summed E-state index contributed by atoms with van der Waals surface area (Å²) in [6.45, 7) is 4.57. The normalized spacial score (nSPS) is 14.7. The van der Waals surface area contributed by atoms with E-state index in [9.17, 15) is 18.3 Å². The smallest absolute Gasteiger partial charge is 0.335 e. The molecule has 0 aliphatic rings. The van der Waals surface area contributed by atoms with Gasteiger partial charge in [0.25, 0.3) is 0 Å². The second-order valence-electron chi connectivity index (χ2n) is 5.09. The maximum Gasteiger partial charge on any atom is 0.335 e. The summed E-state index contributed by atoms with van der Waals surface area (Å²) in [5, 5.41) is 18.4. The molecule has 1 unspecified atom stereocenters. The second-order valence-corrected chi connectivity index (χ2v) is 7.53.